The number of benzene rings is 2. The molecule has 1 aliphatic heterocycles. The summed E-state index contributed by atoms with van der Waals surface area (Å²) in [5.74, 6) is 0.610. The number of hydrogen-bond acceptors (Lipinski definition) is 4. The smallest absolute Gasteiger partial charge is 0.210 e. The Balaban J connectivity index is 1.91. The lowest BCUT2D eigenvalue weighted by Gasteiger charge is -2.30. The molecule has 0 amide bonds. The minimum absolute atomic E-state index is 0.0128. The van der Waals surface area contributed by atoms with Crippen molar-refractivity contribution < 1.29 is 9.84 Å². The van der Waals surface area contributed by atoms with E-state index < -0.39 is 5.72 Å². The Kier molecular flexibility index (Phi) is 2.74. The van der Waals surface area contributed by atoms with Crippen molar-refractivity contribution in [1.29, 1.82) is 0 Å². The SMILES string of the molecule is Cc1ccc2c(c1)[C@@H](CO)[C@](C)(n1nnc3ccccc31)O2. The van der Waals surface area contributed by atoms with Crippen molar-refractivity contribution in [2.75, 3.05) is 6.61 Å². The van der Waals surface area contributed by atoms with Gasteiger partial charge in [0.15, 0.2) is 0 Å². The highest BCUT2D eigenvalue weighted by atomic mass is 16.5. The first-order valence-electron chi connectivity index (χ1n) is 7.35. The molecule has 1 aromatic heterocycles. The van der Waals surface area contributed by atoms with Gasteiger partial charge >= 0.3 is 0 Å². The van der Waals surface area contributed by atoms with Crippen LogP contribution in [0.25, 0.3) is 11.0 Å². The number of aliphatic hydroxyl groups is 1. The first-order valence-corrected chi connectivity index (χ1v) is 7.35. The van der Waals surface area contributed by atoms with Gasteiger partial charge in [-0.1, -0.05) is 35.0 Å². The molecule has 2 atom stereocenters. The van der Waals surface area contributed by atoms with Gasteiger partial charge in [0.25, 0.3) is 0 Å². The number of para-hydroxylation sites is 1. The molecule has 3 aromatic rings. The van der Waals surface area contributed by atoms with Gasteiger partial charge in [-0.3, -0.25) is 0 Å². The van der Waals surface area contributed by atoms with Crippen LogP contribution < -0.4 is 4.74 Å². The maximum Gasteiger partial charge on any atom is 0.210 e. The van der Waals surface area contributed by atoms with E-state index in [-0.39, 0.29) is 12.5 Å². The molecule has 22 heavy (non-hydrogen) atoms. The topological polar surface area (TPSA) is 60.2 Å². The van der Waals surface area contributed by atoms with Crippen molar-refractivity contribution in [1.82, 2.24) is 15.0 Å². The average molecular weight is 295 g/mol. The van der Waals surface area contributed by atoms with Crippen molar-refractivity contribution in [3.8, 4) is 5.75 Å². The van der Waals surface area contributed by atoms with E-state index in [1.54, 1.807) is 4.68 Å². The maximum absolute atomic E-state index is 9.97. The first kappa shape index (κ1) is 13.3. The minimum atomic E-state index is -0.791. The average Bonchev–Trinajstić information content (AvgIpc) is 3.06. The van der Waals surface area contributed by atoms with Crippen LogP contribution in [0.15, 0.2) is 42.5 Å². The van der Waals surface area contributed by atoms with Crippen LogP contribution in [0.5, 0.6) is 5.75 Å². The number of ether oxygens (including phenoxy) is 1. The van der Waals surface area contributed by atoms with Gasteiger partial charge in [-0.15, -0.1) is 5.10 Å². The molecule has 2 heterocycles. The van der Waals surface area contributed by atoms with Crippen LogP contribution in [0, 0.1) is 6.92 Å². The van der Waals surface area contributed by atoms with Gasteiger partial charge in [0.1, 0.15) is 11.3 Å². The van der Waals surface area contributed by atoms with Gasteiger partial charge in [-0.2, -0.15) is 0 Å². The van der Waals surface area contributed by atoms with E-state index >= 15 is 0 Å². The monoisotopic (exact) mass is 295 g/mol. The molecular formula is C17H17N3O2. The number of fused-ring (bicyclic) bond motifs is 2. The lowest BCUT2D eigenvalue weighted by Crippen LogP contribution is -2.40. The molecule has 0 saturated heterocycles. The fourth-order valence-corrected chi connectivity index (χ4v) is 3.27. The molecule has 112 valence electrons. The summed E-state index contributed by atoms with van der Waals surface area (Å²) in [5, 5.41) is 18.5. The molecule has 5 heteroatoms. The van der Waals surface area contributed by atoms with E-state index in [1.165, 1.54) is 0 Å². The molecule has 4 rings (SSSR count). The normalized spacial score (nSPS) is 23.5. The summed E-state index contributed by atoms with van der Waals surface area (Å²) in [6, 6.07) is 13.8. The van der Waals surface area contributed by atoms with Crippen molar-refractivity contribution in [3.05, 3.63) is 53.6 Å². The molecule has 2 aromatic carbocycles. The van der Waals surface area contributed by atoms with Gasteiger partial charge in [0.05, 0.1) is 18.0 Å². The molecule has 5 nitrogen and oxygen atoms in total. The summed E-state index contributed by atoms with van der Waals surface area (Å²) in [7, 11) is 0. The van der Waals surface area contributed by atoms with E-state index in [0.29, 0.717) is 0 Å². The highest BCUT2D eigenvalue weighted by molar-refractivity contribution is 5.74. The van der Waals surface area contributed by atoms with Crippen LogP contribution in [-0.2, 0) is 5.72 Å². The Labute approximate surface area is 128 Å². The summed E-state index contributed by atoms with van der Waals surface area (Å²) in [6.07, 6.45) is 0. The van der Waals surface area contributed by atoms with Crippen molar-refractivity contribution in [2.45, 2.75) is 25.5 Å². The Hall–Kier alpha value is -2.40. The van der Waals surface area contributed by atoms with E-state index in [0.717, 1.165) is 27.9 Å². The predicted molar refractivity (Wildman–Crippen MR) is 82.8 cm³/mol. The predicted octanol–water partition coefficient (Wildman–Crippen LogP) is 2.58. The first-order chi connectivity index (χ1) is 10.6. The molecule has 0 radical (unpaired) electrons. The number of aromatic nitrogens is 3. The van der Waals surface area contributed by atoms with E-state index in [4.69, 9.17) is 4.74 Å². The third-order valence-corrected chi connectivity index (χ3v) is 4.46. The summed E-state index contributed by atoms with van der Waals surface area (Å²) < 4.78 is 7.98. The zero-order chi connectivity index (χ0) is 15.3. The number of aryl methyl sites for hydroxylation is 1. The highest BCUT2D eigenvalue weighted by Gasteiger charge is 2.47. The fourth-order valence-electron chi connectivity index (χ4n) is 3.27. The molecule has 0 aliphatic carbocycles. The second-order valence-corrected chi connectivity index (χ2v) is 5.92. The quantitative estimate of drug-likeness (QED) is 0.789. The lowest BCUT2D eigenvalue weighted by molar-refractivity contribution is -0.0170. The van der Waals surface area contributed by atoms with Crippen molar-refractivity contribution in [3.63, 3.8) is 0 Å². The van der Waals surface area contributed by atoms with Gasteiger partial charge in [-0.25, -0.2) is 4.68 Å². The van der Waals surface area contributed by atoms with Crippen LogP contribution in [-0.4, -0.2) is 26.7 Å². The molecule has 1 N–H and O–H groups in total. The Bertz CT molecular complexity index is 858. The summed E-state index contributed by atoms with van der Waals surface area (Å²) in [4.78, 5) is 0. The molecule has 0 saturated carbocycles. The summed E-state index contributed by atoms with van der Waals surface area (Å²) >= 11 is 0. The number of rotatable bonds is 2. The largest absolute Gasteiger partial charge is 0.465 e. The van der Waals surface area contributed by atoms with E-state index in [2.05, 4.69) is 16.4 Å². The molecule has 0 spiro atoms. The number of aliphatic hydroxyl groups excluding tert-OH is 1. The second-order valence-electron chi connectivity index (χ2n) is 5.92. The highest BCUT2D eigenvalue weighted by Crippen LogP contribution is 2.47. The molecular weight excluding hydrogens is 278 g/mol. The third-order valence-electron chi connectivity index (χ3n) is 4.46. The van der Waals surface area contributed by atoms with Gasteiger partial charge < -0.3 is 9.84 Å². The van der Waals surface area contributed by atoms with Crippen LogP contribution in [0.2, 0.25) is 0 Å². The standard InChI is InChI=1S/C17H17N3O2/c1-11-7-8-16-12(9-11)13(10-21)17(2,22-16)20-15-6-4-3-5-14(15)18-19-20/h3-9,13,21H,10H2,1-2H3/t13-,17-/m1/s1. The van der Waals surface area contributed by atoms with Crippen LogP contribution in [0.1, 0.15) is 24.0 Å². The van der Waals surface area contributed by atoms with Gasteiger partial charge in [0, 0.05) is 5.56 Å². The second kappa shape index (κ2) is 4.55. The van der Waals surface area contributed by atoms with Gasteiger partial charge in [-0.05, 0) is 32.0 Å². The molecule has 0 bridgehead atoms. The van der Waals surface area contributed by atoms with E-state index in [9.17, 15) is 5.11 Å². The van der Waals surface area contributed by atoms with Crippen molar-refractivity contribution in [2.24, 2.45) is 0 Å². The van der Waals surface area contributed by atoms with Crippen LogP contribution >= 0.6 is 0 Å². The van der Waals surface area contributed by atoms with Crippen molar-refractivity contribution >= 4 is 11.0 Å². The van der Waals surface area contributed by atoms with Crippen LogP contribution in [0.4, 0.5) is 0 Å². The summed E-state index contributed by atoms with van der Waals surface area (Å²) in [5.41, 5.74) is 3.09. The Morgan fingerprint density at radius 3 is 2.91 bits per heavy atom. The molecule has 0 unspecified atom stereocenters. The molecule has 0 fully saturated rings. The zero-order valence-electron chi connectivity index (χ0n) is 12.5. The maximum atomic E-state index is 9.97. The van der Waals surface area contributed by atoms with E-state index in [1.807, 2.05) is 50.2 Å². The fraction of sp³-hybridized carbons (Fsp3) is 0.294. The lowest BCUT2D eigenvalue weighted by atomic mass is 9.91. The number of hydrogen-bond donors (Lipinski definition) is 1. The van der Waals surface area contributed by atoms with Gasteiger partial charge in [0.2, 0.25) is 5.72 Å². The third kappa shape index (κ3) is 1.69. The number of nitrogens with zero attached hydrogens (tertiary/aromatic N) is 3. The molecule has 1 aliphatic rings. The Morgan fingerprint density at radius 1 is 1.27 bits per heavy atom. The Morgan fingerprint density at radius 2 is 2.09 bits per heavy atom. The van der Waals surface area contributed by atoms with Crippen LogP contribution in [0.3, 0.4) is 0 Å². The minimum Gasteiger partial charge on any atom is -0.465 e. The summed E-state index contributed by atoms with van der Waals surface area (Å²) in [6.45, 7) is 3.97. The zero-order valence-corrected chi connectivity index (χ0v) is 12.5.